The van der Waals surface area contributed by atoms with Crippen LogP contribution in [0.1, 0.15) is 35.3 Å². The number of aryl methyl sites for hydroxylation is 1. The van der Waals surface area contributed by atoms with Gasteiger partial charge in [0.15, 0.2) is 6.29 Å². The molecule has 0 spiro atoms. The topological polar surface area (TPSA) is 82.1 Å². The van der Waals surface area contributed by atoms with Gasteiger partial charge >= 0.3 is 0 Å². The summed E-state index contributed by atoms with van der Waals surface area (Å²) in [6.45, 7) is 2.67. The highest BCUT2D eigenvalue weighted by atomic mass is 32.2. The van der Waals surface area contributed by atoms with Crippen LogP contribution in [-0.2, 0) is 24.3 Å². The van der Waals surface area contributed by atoms with Crippen molar-refractivity contribution in [2.75, 3.05) is 13.2 Å². The molecule has 2 aliphatic rings. The quantitative estimate of drug-likeness (QED) is 0.811. The van der Waals surface area contributed by atoms with Crippen LogP contribution in [0.15, 0.2) is 53.4 Å². The second-order valence-corrected chi connectivity index (χ2v) is 8.46. The third-order valence-electron chi connectivity index (χ3n) is 5.11. The Balaban J connectivity index is 1.57. The van der Waals surface area contributed by atoms with E-state index in [1.807, 2.05) is 37.3 Å². The predicted molar refractivity (Wildman–Crippen MR) is 98.1 cm³/mol. The van der Waals surface area contributed by atoms with Crippen LogP contribution in [-0.4, -0.2) is 38.4 Å². The highest BCUT2D eigenvalue weighted by molar-refractivity contribution is 7.85. The van der Waals surface area contributed by atoms with E-state index >= 15 is 0 Å². The molecular formula is C20H22O6S. The molecule has 0 aliphatic carbocycles. The second kappa shape index (κ2) is 7.33. The van der Waals surface area contributed by atoms with Gasteiger partial charge in [0, 0.05) is 11.5 Å². The van der Waals surface area contributed by atoms with Crippen molar-refractivity contribution in [2.45, 2.75) is 42.7 Å². The summed E-state index contributed by atoms with van der Waals surface area (Å²) in [4.78, 5) is -0.0631. The summed E-state index contributed by atoms with van der Waals surface area (Å²) in [5, 5.41) is 0. The highest BCUT2D eigenvalue weighted by Crippen LogP contribution is 2.38. The van der Waals surface area contributed by atoms with Gasteiger partial charge in [0.05, 0.1) is 24.2 Å². The lowest BCUT2D eigenvalue weighted by atomic mass is 9.88. The molecule has 0 amide bonds. The van der Waals surface area contributed by atoms with Gasteiger partial charge in [-0.05, 0) is 25.0 Å². The molecule has 2 aromatic carbocycles. The van der Waals surface area contributed by atoms with Crippen molar-refractivity contribution >= 4 is 10.1 Å². The minimum atomic E-state index is -4.30. The Morgan fingerprint density at radius 2 is 1.78 bits per heavy atom. The molecule has 4 rings (SSSR count). The van der Waals surface area contributed by atoms with E-state index in [-0.39, 0.29) is 23.0 Å². The molecule has 0 bridgehead atoms. The van der Waals surface area contributed by atoms with E-state index in [1.54, 1.807) is 12.1 Å². The molecule has 1 unspecified atom stereocenters. The van der Waals surface area contributed by atoms with E-state index in [1.165, 1.54) is 6.07 Å². The molecule has 4 atom stereocenters. The van der Waals surface area contributed by atoms with Gasteiger partial charge in [0.1, 0.15) is 6.10 Å². The fourth-order valence-corrected chi connectivity index (χ4v) is 4.51. The maximum Gasteiger partial charge on any atom is 0.294 e. The molecule has 0 saturated carbocycles. The lowest BCUT2D eigenvalue weighted by Gasteiger charge is -2.42. The molecule has 2 saturated heterocycles. The van der Waals surface area contributed by atoms with E-state index in [2.05, 4.69) is 0 Å². The average Bonchev–Trinajstić information content (AvgIpc) is 2.67. The number of hydrogen-bond donors (Lipinski definition) is 1. The highest BCUT2D eigenvalue weighted by Gasteiger charge is 2.40. The van der Waals surface area contributed by atoms with Crippen molar-refractivity contribution in [3.05, 3.63) is 65.2 Å². The Labute approximate surface area is 158 Å². The molecule has 2 fully saturated rings. The van der Waals surface area contributed by atoms with Gasteiger partial charge in [-0.25, -0.2) is 0 Å². The predicted octanol–water partition coefficient (Wildman–Crippen LogP) is 3.23. The van der Waals surface area contributed by atoms with Crippen molar-refractivity contribution in [3.8, 4) is 0 Å². The lowest BCUT2D eigenvalue weighted by Crippen LogP contribution is -2.47. The molecular weight excluding hydrogens is 368 g/mol. The zero-order valence-corrected chi connectivity index (χ0v) is 15.8. The van der Waals surface area contributed by atoms with Crippen LogP contribution in [0.2, 0.25) is 0 Å². The molecule has 27 heavy (non-hydrogen) atoms. The Morgan fingerprint density at radius 1 is 1.00 bits per heavy atom. The summed E-state index contributed by atoms with van der Waals surface area (Å²) in [5.74, 6) is -0.183. The number of ether oxygens (including phenoxy) is 3. The van der Waals surface area contributed by atoms with Crippen LogP contribution in [0.3, 0.4) is 0 Å². The van der Waals surface area contributed by atoms with Gasteiger partial charge in [-0.1, -0.05) is 48.0 Å². The monoisotopic (exact) mass is 390 g/mol. The molecule has 144 valence electrons. The normalized spacial score (nSPS) is 28.5. The number of hydrogen-bond acceptors (Lipinski definition) is 5. The molecule has 0 radical (unpaired) electrons. The molecule has 1 N–H and O–H groups in total. The standard InChI is InChI=1S/C20H22O6S/c1-13-7-8-19(27(21,22)23)16(9-13)15-10-17-18(24-11-15)12-25-20(26-17)14-5-3-2-4-6-14/h2-9,15,17-18,20H,10-12H2,1H3,(H,21,22,23)/t15-,17-,18+,20?/m0/s1. The van der Waals surface area contributed by atoms with Crippen LogP contribution in [0, 0.1) is 6.92 Å². The van der Waals surface area contributed by atoms with Crippen molar-refractivity contribution in [2.24, 2.45) is 0 Å². The molecule has 2 heterocycles. The minimum absolute atomic E-state index is 0.0631. The van der Waals surface area contributed by atoms with E-state index in [9.17, 15) is 13.0 Å². The number of fused-ring (bicyclic) bond motifs is 1. The largest absolute Gasteiger partial charge is 0.372 e. The van der Waals surface area contributed by atoms with Gasteiger partial charge in [0.25, 0.3) is 10.1 Å². The summed E-state index contributed by atoms with van der Waals surface area (Å²) in [6.07, 6.45) is -0.255. The summed E-state index contributed by atoms with van der Waals surface area (Å²) >= 11 is 0. The molecule has 6 nitrogen and oxygen atoms in total. The second-order valence-electron chi connectivity index (χ2n) is 7.07. The fraction of sp³-hybridized carbons (Fsp3) is 0.400. The van der Waals surface area contributed by atoms with Crippen molar-refractivity contribution in [1.82, 2.24) is 0 Å². The first kappa shape index (κ1) is 18.6. The fourth-order valence-electron chi connectivity index (χ4n) is 3.75. The van der Waals surface area contributed by atoms with Gasteiger partial charge in [-0.3, -0.25) is 4.55 Å². The average molecular weight is 390 g/mol. The van der Waals surface area contributed by atoms with Crippen LogP contribution < -0.4 is 0 Å². The first-order valence-corrected chi connectivity index (χ1v) is 10.4. The van der Waals surface area contributed by atoms with E-state index in [0.29, 0.717) is 25.2 Å². The lowest BCUT2D eigenvalue weighted by molar-refractivity contribution is -0.280. The Morgan fingerprint density at radius 3 is 2.52 bits per heavy atom. The number of benzene rings is 2. The zero-order valence-electron chi connectivity index (χ0n) is 14.9. The van der Waals surface area contributed by atoms with E-state index < -0.39 is 16.4 Å². The van der Waals surface area contributed by atoms with Crippen LogP contribution >= 0.6 is 0 Å². The van der Waals surface area contributed by atoms with E-state index in [0.717, 1.165) is 11.1 Å². The van der Waals surface area contributed by atoms with Gasteiger partial charge < -0.3 is 14.2 Å². The van der Waals surface area contributed by atoms with Crippen LogP contribution in [0.25, 0.3) is 0 Å². The van der Waals surface area contributed by atoms with Crippen molar-refractivity contribution in [3.63, 3.8) is 0 Å². The van der Waals surface area contributed by atoms with Crippen molar-refractivity contribution in [1.29, 1.82) is 0 Å². The Kier molecular flexibility index (Phi) is 5.05. The molecule has 0 aromatic heterocycles. The summed E-state index contributed by atoms with van der Waals surface area (Å²) in [5.41, 5.74) is 2.43. The molecule has 7 heteroatoms. The molecule has 2 aromatic rings. The van der Waals surface area contributed by atoms with E-state index in [4.69, 9.17) is 14.2 Å². The SMILES string of the molecule is Cc1ccc(S(=O)(=O)O)c([C@@H]2CO[C@@H]3COC(c4ccccc4)O[C@H]3C2)c1. The summed E-state index contributed by atoms with van der Waals surface area (Å²) < 4.78 is 51.0. The summed E-state index contributed by atoms with van der Waals surface area (Å²) in [7, 11) is -4.30. The number of rotatable bonds is 3. The van der Waals surface area contributed by atoms with Gasteiger partial charge in [0.2, 0.25) is 0 Å². The Bertz CT molecular complexity index is 911. The van der Waals surface area contributed by atoms with Crippen molar-refractivity contribution < 1.29 is 27.2 Å². The van der Waals surface area contributed by atoms with Crippen LogP contribution in [0.5, 0.6) is 0 Å². The first-order chi connectivity index (χ1) is 12.9. The Hall–Kier alpha value is -1.77. The third-order valence-corrected chi connectivity index (χ3v) is 6.04. The maximum absolute atomic E-state index is 11.8. The third kappa shape index (κ3) is 3.93. The van der Waals surface area contributed by atoms with Gasteiger partial charge in [-0.15, -0.1) is 0 Å². The smallest absolute Gasteiger partial charge is 0.294 e. The minimum Gasteiger partial charge on any atom is -0.372 e. The summed E-state index contributed by atoms with van der Waals surface area (Å²) in [6, 6.07) is 14.6. The maximum atomic E-state index is 11.8. The van der Waals surface area contributed by atoms with Gasteiger partial charge in [-0.2, -0.15) is 8.42 Å². The van der Waals surface area contributed by atoms with Crippen LogP contribution in [0.4, 0.5) is 0 Å². The first-order valence-electron chi connectivity index (χ1n) is 8.93. The zero-order chi connectivity index (χ0) is 19.0. The molecule has 2 aliphatic heterocycles.